The van der Waals surface area contributed by atoms with Gasteiger partial charge in [-0.15, -0.1) is 0 Å². The van der Waals surface area contributed by atoms with Crippen LogP contribution in [0.4, 0.5) is 28.4 Å². The Bertz CT molecular complexity index is 3770. The molecule has 0 spiro atoms. The normalized spacial score (nSPS) is 12.2. The van der Waals surface area contributed by atoms with Gasteiger partial charge in [-0.05, 0) is 145 Å². The molecule has 66 heavy (non-hydrogen) atoms. The average molecular weight is 843 g/mol. The summed E-state index contributed by atoms with van der Waals surface area (Å²) in [6.07, 6.45) is 8.19. The van der Waals surface area contributed by atoms with Gasteiger partial charge >= 0.3 is 0 Å². The summed E-state index contributed by atoms with van der Waals surface area (Å²) in [5, 5.41) is 15.2. The Morgan fingerprint density at radius 2 is 0.818 bits per heavy atom. The summed E-state index contributed by atoms with van der Waals surface area (Å²) in [6, 6.07) is 75.9. The lowest BCUT2D eigenvalue weighted by molar-refractivity contribution is 1.21. The molecule has 0 heterocycles. The number of nitrogens with zero attached hydrogens (tertiary/aromatic N) is 2. The van der Waals surface area contributed by atoms with Crippen LogP contribution in [0.15, 0.2) is 243 Å². The predicted molar refractivity (Wildman–Crippen MR) is 286 cm³/mol. The third kappa shape index (κ3) is 6.03. The monoisotopic (exact) mass is 842 g/mol. The lowest BCUT2D eigenvalue weighted by atomic mass is 9.87. The Labute approximate surface area is 385 Å². The van der Waals surface area contributed by atoms with E-state index in [1.807, 2.05) is 12.2 Å². The maximum atomic E-state index is 4.00. The number of fused-ring (bicyclic) bond motifs is 6. The van der Waals surface area contributed by atoms with Gasteiger partial charge in [-0.25, -0.2) is 0 Å². The van der Waals surface area contributed by atoms with Crippen LogP contribution in [0.1, 0.15) is 12.5 Å². The third-order valence-electron chi connectivity index (χ3n) is 13.5. The van der Waals surface area contributed by atoms with Crippen LogP contribution < -0.4 is 9.80 Å². The molecule has 0 N–H and O–H groups in total. The fourth-order valence-electron chi connectivity index (χ4n) is 10.8. The maximum Gasteiger partial charge on any atom is 0.0540 e. The van der Waals surface area contributed by atoms with Gasteiger partial charge in [0.15, 0.2) is 0 Å². The topological polar surface area (TPSA) is 6.48 Å². The van der Waals surface area contributed by atoms with Gasteiger partial charge in [0.05, 0.1) is 11.4 Å². The molecule has 312 valence electrons. The van der Waals surface area contributed by atoms with Crippen molar-refractivity contribution in [2.75, 3.05) is 9.80 Å². The highest BCUT2D eigenvalue weighted by atomic mass is 15.2. The van der Waals surface area contributed by atoms with Crippen LogP contribution in [-0.4, -0.2) is 0 Å². The zero-order valence-electron chi connectivity index (χ0n) is 37.0. The first-order valence-electron chi connectivity index (χ1n) is 22.8. The van der Waals surface area contributed by atoms with Crippen molar-refractivity contribution in [2.45, 2.75) is 13.8 Å². The van der Waals surface area contributed by atoms with Crippen molar-refractivity contribution in [3.63, 3.8) is 0 Å². The second kappa shape index (κ2) is 16.0. The molecule has 0 atom stereocenters. The minimum absolute atomic E-state index is 1.07. The fraction of sp³-hybridized carbons (Fsp3) is 0.0312. The summed E-state index contributed by atoms with van der Waals surface area (Å²) in [7, 11) is 0. The number of rotatable bonds is 10. The summed E-state index contributed by atoms with van der Waals surface area (Å²) in [6.45, 7) is 8.29. The predicted octanol–water partition coefficient (Wildman–Crippen LogP) is 18.4. The van der Waals surface area contributed by atoms with Gasteiger partial charge < -0.3 is 9.80 Å². The number of aryl methyl sites for hydroxylation is 1. The summed E-state index contributed by atoms with van der Waals surface area (Å²) in [5.74, 6) is 0. The van der Waals surface area contributed by atoms with Crippen LogP contribution in [0.25, 0.3) is 86.9 Å². The van der Waals surface area contributed by atoms with E-state index in [1.54, 1.807) is 0 Å². The summed E-state index contributed by atoms with van der Waals surface area (Å²) >= 11 is 0. The molecule has 2 heteroatoms. The Kier molecular flexibility index (Phi) is 9.47. The molecule has 2 nitrogen and oxygen atoms in total. The summed E-state index contributed by atoms with van der Waals surface area (Å²) < 4.78 is 0. The van der Waals surface area contributed by atoms with Gasteiger partial charge in [-0.1, -0.05) is 188 Å². The van der Waals surface area contributed by atoms with E-state index in [4.69, 9.17) is 0 Å². The zero-order valence-corrected chi connectivity index (χ0v) is 37.0. The molecule has 0 amide bonds. The second-order valence-corrected chi connectivity index (χ2v) is 17.2. The lowest BCUT2D eigenvalue weighted by Crippen LogP contribution is -2.15. The van der Waals surface area contributed by atoms with E-state index in [-0.39, 0.29) is 0 Å². The van der Waals surface area contributed by atoms with E-state index < -0.39 is 0 Å². The molecule has 0 fully saturated rings. The fourth-order valence-corrected chi connectivity index (χ4v) is 10.8. The van der Waals surface area contributed by atoms with Crippen LogP contribution in [0.2, 0.25) is 0 Å². The van der Waals surface area contributed by atoms with Gasteiger partial charge in [0.2, 0.25) is 0 Å². The van der Waals surface area contributed by atoms with Crippen molar-refractivity contribution in [2.24, 2.45) is 0 Å². The van der Waals surface area contributed by atoms with E-state index >= 15 is 0 Å². The van der Waals surface area contributed by atoms with E-state index in [1.165, 1.54) is 92.5 Å². The maximum absolute atomic E-state index is 4.00. The van der Waals surface area contributed by atoms with Crippen LogP contribution in [0.5, 0.6) is 0 Å². The molecular weight excluding hydrogens is 797 g/mol. The molecule has 0 aliphatic carbocycles. The minimum Gasteiger partial charge on any atom is -0.310 e. The smallest absolute Gasteiger partial charge is 0.0540 e. The molecule has 0 radical (unpaired) electrons. The molecule has 0 aromatic heterocycles. The molecule has 0 bridgehead atoms. The average Bonchev–Trinajstić information content (AvgIpc) is 3.89. The number of hydrogen-bond acceptors (Lipinski definition) is 2. The standard InChI is InChI=1S/C64H46N2/c1-4-6-23-45(5-2)65(46-24-13-8-14-25-46)55-40-38-53-59-49(55)30-19-33-52(59)62-58(44-36-34-42(3)35-37-44)64-54-39-41-56(66(47-26-15-9-16-27-47)48-28-17-10-18-29-48)50-31-20-32-51(60(50)54)61(64)57(63(53)62)43-21-11-7-12-22-43/h4-41H,1H2,2-3H3. The van der Waals surface area contributed by atoms with Crippen molar-refractivity contribution >= 4 is 93.1 Å². The zero-order chi connectivity index (χ0) is 44.3. The molecule has 0 saturated carbocycles. The lowest BCUT2D eigenvalue weighted by Gasteiger charge is -2.27. The van der Waals surface area contributed by atoms with Crippen molar-refractivity contribution < 1.29 is 0 Å². The van der Waals surface area contributed by atoms with Crippen LogP contribution in [0.3, 0.4) is 0 Å². The number of benzene rings is 10. The summed E-state index contributed by atoms with van der Waals surface area (Å²) in [5.41, 5.74) is 12.9. The first-order valence-corrected chi connectivity index (χ1v) is 22.8. The van der Waals surface area contributed by atoms with Crippen molar-refractivity contribution in [1.82, 2.24) is 0 Å². The number of anilines is 5. The Hall–Kier alpha value is -8.46. The first-order chi connectivity index (χ1) is 32.6. The molecule has 12 aromatic carbocycles. The highest BCUT2D eigenvalue weighted by molar-refractivity contribution is 6.47. The SMILES string of the molecule is C=CC=CC(=CC)N(c1ccccc1)c1ccc2c3c(-c4ccccc4)c4c5cccc6c(N(c7ccccc7)c7ccccc7)ccc(c4c(-c4ccc(C)cc4)c3c3cccc1c23)c65. The van der Waals surface area contributed by atoms with Crippen molar-refractivity contribution in [3.05, 3.63) is 248 Å². The van der Waals surface area contributed by atoms with Gasteiger partial charge in [0.1, 0.15) is 0 Å². The third-order valence-corrected chi connectivity index (χ3v) is 13.5. The Morgan fingerprint density at radius 3 is 1.32 bits per heavy atom. The van der Waals surface area contributed by atoms with Crippen LogP contribution in [-0.2, 0) is 0 Å². The molecule has 0 aliphatic heterocycles. The van der Waals surface area contributed by atoms with E-state index in [2.05, 4.69) is 249 Å². The summed E-state index contributed by atoms with van der Waals surface area (Å²) in [4.78, 5) is 4.79. The van der Waals surface area contributed by atoms with Crippen LogP contribution in [0, 0.1) is 6.92 Å². The van der Waals surface area contributed by atoms with Crippen molar-refractivity contribution in [3.8, 4) is 22.3 Å². The molecule has 0 unspecified atom stereocenters. The number of allylic oxidation sites excluding steroid dienone is 4. The van der Waals surface area contributed by atoms with E-state index in [9.17, 15) is 0 Å². The molecule has 12 aromatic rings. The largest absolute Gasteiger partial charge is 0.310 e. The first kappa shape index (κ1) is 39.2. The Balaban J connectivity index is 1.27. The van der Waals surface area contributed by atoms with Gasteiger partial charge in [0.25, 0.3) is 0 Å². The quantitative estimate of drug-likeness (QED) is 0.127. The van der Waals surface area contributed by atoms with Gasteiger partial charge in [-0.2, -0.15) is 0 Å². The van der Waals surface area contributed by atoms with Crippen molar-refractivity contribution in [1.29, 1.82) is 0 Å². The minimum atomic E-state index is 1.07. The van der Waals surface area contributed by atoms with Gasteiger partial charge in [0, 0.05) is 33.5 Å². The van der Waals surface area contributed by atoms with E-state index in [0.29, 0.717) is 0 Å². The Morgan fingerprint density at radius 1 is 0.394 bits per heavy atom. The van der Waals surface area contributed by atoms with E-state index in [0.717, 1.165) is 34.1 Å². The number of hydrogen-bond donors (Lipinski definition) is 0. The number of para-hydroxylation sites is 3. The molecule has 12 rings (SSSR count). The highest BCUT2D eigenvalue weighted by Gasteiger charge is 2.29. The van der Waals surface area contributed by atoms with Crippen LogP contribution >= 0.6 is 0 Å². The van der Waals surface area contributed by atoms with Gasteiger partial charge in [-0.3, -0.25) is 0 Å². The molecular formula is C64H46N2. The molecule has 0 saturated heterocycles. The second-order valence-electron chi connectivity index (χ2n) is 17.2. The highest BCUT2D eigenvalue weighted by Crippen LogP contribution is 2.57. The molecule has 0 aliphatic rings.